The fourth-order valence-electron chi connectivity index (χ4n) is 3.02. The highest BCUT2D eigenvalue weighted by atomic mass is 32.2. The van der Waals surface area contributed by atoms with Gasteiger partial charge in [0, 0.05) is 19.1 Å². The minimum Gasteiger partial charge on any atom is -0.466 e. The maximum absolute atomic E-state index is 12.8. The second-order valence-corrected chi connectivity index (χ2v) is 10.4. The third-order valence-electron chi connectivity index (χ3n) is 4.74. The normalized spacial score (nSPS) is 19.7. The summed E-state index contributed by atoms with van der Waals surface area (Å²) < 4.78 is 58.8. The topological polar surface area (TPSA) is 110 Å². The Bertz CT molecular complexity index is 884. The number of hydrogen-bond donors (Lipinski definition) is 1. The average molecular weight is 417 g/mol. The lowest BCUT2D eigenvalue weighted by molar-refractivity contribution is -0.149. The lowest BCUT2D eigenvalue weighted by Crippen LogP contribution is -2.40. The molecule has 1 saturated heterocycles. The third-order valence-corrected chi connectivity index (χ3v) is 8.19. The van der Waals surface area contributed by atoms with Crippen LogP contribution in [0.2, 0.25) is 0 Å². The molecule has 2 fully saturated rings. The zero-order valence-electron chi connectivity index (χ0n) is 15.1. The maximum atomic E-state index is 12.8. The van der Waals surface area contributed by atoms with E-state index in [1.807, 2.05) is 0 Å². The van der Waals surface area contributed by atoms with Crippen molar-refractivity contribution in [3.63, 3.8) is 0 Å². The van der Waals surface area contributed by atoms with Gasteiger partial charge in [-0.2, -0.15) is 4.31 Å². The summed E-state index contributed by atoms with van der Waals surface area (Å²) in [6.45, 7) is 2.51. The Morgan fingerprint density at radius 1 is 1.04 bits per heavy atom. The summed E-state index contributed by atoms with van der Waals surface area (Å²) in [5.74, 6) is -0.565. The van der Waals surface area contributed by atoms with Crippen molar-refractivity contribution >= 4 is 26.0 Å². The molecule has 10 heteroatoms. The predicted molar refractivity (Wildman–Crippen MR) is 97.9 cm³/mol. The molecule has 1 aromatic rings. The average Bonchev–Trinajstić information content (AvgIpc) is 3.45. The van der Waals surface area contributed by atoms with E-state index in [0.717, 1.165) is 12.8 Å². The number of esters is 1. The van der Waals surface area contributed by atoms with E-state index in [2.05, 4.69) is 4.72 Å². The van der Waals surface area contributed by atoms with Crippen LogP contribution < -0.4 is 4.72 Å². The molecule has 1 aromatic carbocycles. The highest BCUT2D eigenvalue weighted by molar-refractivity contribution is 7.89. The van der Waals surface area contributed by atoms with Crippen molar-refractivity contribution < 1.29 is 26.4 Å². The molecular formula is C17H24N2O6S2. The van der Waals surface area contributed by atoms with E-state index < -0.39 is 20.0 Å². The second-order valence-electron chi connectivity index (χ2n) is 6.80. The molecule has 1 aliphatic heterocycles. The molecule has 0 amide bonds. The maximum Gasteiger partial charge on any atom is 0.309 e. The van der Waals surface area contributed by atoms with E-state index in [4.69, 9.17) is 4.74 Å². The van der Waals surface area contributed by atoms with Crippen LogP contribution in [0.15, 0.2) is 34.1 Å². The first-order valence-corrected chi connectivity index (χ1v) is 12.0. The van der Waals surface area contributed by atoms with Crippen LogP contribution >= 0.6 is 0 Å². The van der Waals surface area contributed by atoms with Crippen molar-refractivity contribution in [3.05, 3.63) is 24.3 Å². The molecule has 1 N–H and O–H groups in total. The Balaban J connectivity index is 1.67. The van der Waals surface area contributed by atoms with Gasteiger partial charge in [-0.05, 0) is 56.9 Å². The molecule has 1 heterocycles. The minimum absolute atomic E-state index is 0.0147. The summed E-state index contributed by atoms with van der Waals surface area (Å²) in [6, 6.07) is 5.23. The Labute approximate surface area is 160 Å². The molecule has 3 rings (SSSR count). The molecular weight excluding hydrogens is 392 g/mol. The Morgan fingerprint density at radius 3 is 2.11 bits per heavy atom. The van der Waals surface area contributed by atoms with Gasteiger partial charge in [-0.25, -0.2) is 21.6 Å². The van der Waals surface area contributed by atoms with Gasteiger partial charge >= 0.3 is 5.97 Å². The number of sulfonamides is 2. The minimum atomic E-state index is -3.73. The van der Waals surface area contributed by atoms with Crippen molar-refractivity contribution in [2.24, 2.45) is 5.92 Å². The van der Waals surface area contributed by atoms with Crippen LogP contribution in [0, 0.1) is 5.92 Å². The second kappa shape index (κ2) is 7.86. The van der Waals surface area contributed by atoms with Crippen LogP contribution in [0.1, 0.15) is 32.6 Å². The van der Waals surface area contributed by atoms with Crippen LogP contribution in [0.5, 0.6) is 0 Å². The first kappa shape index (κ1) is 20.2. The molecule has 0 bridgehead atoms. The van der Waals surface area contributed by atoms with Crippen molar-refractivity contribution in [2.75, 3.05) is 19.7 Å². The van der Waals surface area contributed by atoms with Gasteiger partial charge in [-0.15, -0.1) is 0 Å². The quantitative estimate of drug-likeness (QED) is 0.667. The van der Waals surface area contributed by atoms with E-state index in [-0.39, 0.29) is 40.8 Å². The first-order chi connectivity index (χ1) is 12.7. The van der Waals surface area contributed by atoms with Gasteiger partial charge in [-0.3, -0.25) is 4.79 Å². The van der Waals surface area contributed by atoms with Gasteiger partial charge in [0.05, 0.1) is 22.3 Å². The number of nitrogens with one attached hydrogen (secondary N) is 1. The lowest BCUT2D eigenvalue weighted by Gasteiger charge is -2.30. The number of rotatable bonds is 7. The number of hydrogen-bond acceptors (Lipinski definition) is 6. The molecule has 2 aliphatic rings. The lowest BCUT2D eigenvalue weighted by atomic mass is 9.98. The molecule has 150 valence electrons. The summed E-state index contributed by atoms with van der Waals surface area (Å²) in [4.78, 5) is 11.9. The number of carbonyl (C=O) groups is 1. The molecule has 1 saturated carbocycles. The van der Waals surface area contributed by atoms with E-state index >= 15 is 0 Å². The highest BCUT2D eigenvalue weighted by Gasteiger charge is 2.33. The van der Waals surface area contributed by atoms with Crippen molar-refractivity contribution in [1.29, 1.82) is 0 Å². The van der Waals surface area contributed by atoms with Gasteiger partial charge in [0.1, 0.15) is 0 Å². The molecule has 27 heavy (non-hydrogen) atoms. The highest BCUT2D eigenvalue weighted by Crippen LogP contribution is 2.26. The zero-order valence-corrected chi connectivity index (χ0v) is 16.8. The first-order valence-electron chi connectivity index (χ1n) is 9.03. The summed E-state index contributed by atoms with van der Waals surface area (Å²) >= 11 is 0. The van der Waals surface area contributed by atoms with Gasteiger partial charge in [0.2, 0.25) is 20.0 Å². The zero-order chi connectivity index (χ0) is 19.7. The summed E-state index contributed by atoms with van der Waals surface area (Å²) in [5.41, 5.74) is 0. The predicted octanol–water partition coefficient (Wildman–Crippen LogP) is 1.09. The number of piperidine rings is 1. The standard InChI is InChI=1S/C17H24N2O6S2/c1-2-25-17(20)13-9-11-19(12-10-13)27(23,24)16-7-5-15(6-8-16)26(21,22)18-14-3-4-14/h5-8,13-14,18H,2-4,9-12H2,1H3. The molecule has 1 aliphatic carbocycles. The Kier molecular flexibility index (Phi) is 5.90. The number of ether oxygens (including phenoxy) is 1. The molecule has 0 spiro atoms. The third kappa shape index (κ3) is 4.68. The SMILES string of the molecule is CCOC(=O)C1CCN(S(=O)(=O)c2ccc(S(=O)(=O)NC3CC3)cc2)CC1. The number of carbonyl (C=O) groups excluding carboxylic acids is 1. The van der Waals surface area contributed by atoms with E-state index in [1.165, 1.54) is 28.6 Å². The largest absolute Gasteiger partial charge is 0.466 e. The summed E-state index contributed by atoms with van der Waals surface area (Å²) in [7, 11) is -7.35. The molecule has 0 radical (unpaired) electrons. The van der Waals surface area contributed by atoms with Crippen molar-refractivity contribution in [1.82, 2.24) is 9.03 Å². The van der Waals surface area contributed by atoms with E-state index in [9.17, 15) is 21.6 Å². The van der Waals surface area contributed by atoms with Gasteiger partial charge in [-0.1, -0.05) is 0 Å². The van der Waals surface area contributed by atoms with Gasteiger partial charge in [0.25, 0.3) is 0 Å². The van der Waals surface area contributed by atoms with Crippen LogP contribution in [0.3, 0.4) is 0 Å². The van der Waals surface area contributed by atoms with E-state index in [1.54, 1.807) is 6.92 Å². The van der Waals surface area contributed by atoms with Gasteiger partial charge < -0.3 is 4.74 Å². The van der Waals surface area contributed by atoms with Crippen LogP contribution in [-0.2, 0) is 29.6 Å². The van der Waals surface area contributed by atoms with Crippen LogP contribution in [0.4, 0.5) is 0 Å². The number of nitrogens with zero attached hydrogens (tertiary/aromatic N) is 1. The number of benzene rings is 1. The van der Waals surface area contributed by atoms with Crippen LogP contribution in [0.25, 0.3) is 0 Å². The Morgan fingerprint density at radius 2 is 1.59 bits per heavy atom. The fourth-order valence-corrected chi connectivity index (χ4v) is 5.80. The van der Waals surface area contributed by atoms with Crippen LogP contribution in [-0.4, -0.2) is 52.8 Å². The Hall–Kier alpha value is -1.49. The van der Waals surface area contributed by atoms with E-state index in [0.29, 0.717) is 19.4 Å². The van der Waals surface area contributed by atoms with Crippen molar-refractivity contribution in [3.8, 4) is 0 Å². The molecule has 8 nitrogen and oxygen atoms in total. The smallest absolute Gasteiger partial charge is 0.309 e. The fraction of sp³-hybridized carbons (Fsp3) is 0.588. The monoisotopic (exact) mass is 416 g/mol. The van der Waals surface area contributed by atoms with Crippen molar-refractivity contribution in [2.45, 2.75) is 48.4 Å². The molecule has 0 unspecified atom stereocenters. The summed E-state index contributed by atoms with van der Waals surface area (Å²) in [6.07, 6.45) is 2.48. The summed E-state index contributed by atoms with van der Waals surface area (Å²) in [5, 5.41) is 0. The van der Waals surface area contributed by atoms with Gasteiger partial charge in [0.15, 0.2) is 0 Å². The molecule has 0 atom stereocenters. The molecule has 0 aromatic heterocycles.